The van der Waals surface area contributed by atoms with Crippen LogP contribution in [-0.4, -0.2) is 48.4 Å². The average molecular weight is 427 g/mol. The second kappa shape index (κ2) is 8.31. The third-order valence-corrected chi connectivity index (χ3v) is 6.56. The first-order chi connectivity index (χ1) is 14.4. The Morgan fingerprint density at radius 3 is 2.67 bits per heavy atom. The van der Waals surface area contributed by atoms with E-state index in [2.05, 4.69) is 15.0 Å². The Morgan fingerprint density at radius 2 is 1.97 bits per heavy atom. The number of hydrogen-bond donors (Lipinski definition) is 1. The number of likely N-dealkylation sites (tertiary alicyclic amines) is 1. The van der Waals surface area contributed by atoms with Crippen molar-refractivity contribution >= 4 is 17.2 Å². The van der Waals surface area contributed by atoms with Crippen molar-refractivity contribution in [1.29, 1.82) is 0 Å². The van der Waals surface area contributed by atoms with E-state index >= 15 is 0 Å². The molecule has 0 saturated carbocycles. The molecule has 0 aromatic carbocycles. The van der Waals surface area contributed by atoms with Crippen LogP contribution in [-0.2, 0) is 11.3 Å². The molecule has 1 saturated heterocycles. The molecule has 0 bridgehead atoms. The number of nitrogens with zero attached hydrogens (tertiary/aromatic N) is 5. The predicted octanol–water partition coefficient (Wildman–Crippen LogP) is 1.47. The summed E-state index contributed by atoms with van der Waals surface area (Å²) in [6.07, 6.45) is 4.75. The average Bonchev–Trinajstić information content (AvgIpc) is 3.12. The molecule has 156 valence electrons. The molecule has 30 heavy (non-hydrogen) atoms. The van der Waals surface area contributed by atoms with E-state index in [1.54, 1.807) is 22.4 Å². The molecule has 9 nitrogen and oxygen atoms in total. The van der Waals surface area contributed by atoms with Gasteiger partial charge in [-0.05, 0) is 32.8 Å². The Labute approximate surface area is 176 Å². The first-order valence-electron chi connectivity index (χ1n) is 9.75. The van der Waals surface area contributed by atoms with Gasteiger partial charge >= 0.3 is 5.69 Å². The number of rotatable bonds is 4. The zero-order valence-corrected chi connectivity index (χ0v) is 17.6. The van der Waals surface area contributed by atoms with E-state index in [-0.39, 0.29) is 12.5 Å². The van der Waals surface area contributed by atoms with Gasteiger partial charge in [-0.15, -0.1) is 11.3 Å². The number of piperidine rings is 1. The van der Waals surface area contributed by atoms with Crippen molar-refractivity contribution in [3.8, 4) is 10.6 Å². The van der Waals surface area contributed by atoms with Gasteiger partial charge in [0.1, 0.15) is 12.4 Å². The van der Waals surface area contributed by atoms with E-state index in [4.69, 9.17) is 4.98 Å². The number of aromatic amines is 1. The Hall–Kier alpha value is -3.14. The summed E-state index contributed by atoms with van der Waals surface area (Å²) in [5, 5.41) is 1.07. The molecule has 1 amide bonds. The van der Waals surface area contributed by atoms with Gasteiger partial charge in [-0.1, -0.05) is 0 Å². The third kappa shape index (κ3) is 4.23. The van der Waals surface area contributed by atoms with E-state index in [0.29, 0.717) is 19.0 Å². The summed E-state index contributed by atoms with van der Waals surface area (Å²) in [6.45, 7) is 5.01. The van der Waals surface area contributed by atoms with Gasteiger partial charge in [-0.3, -0.25) is 19.1 Å². The van der Waals surface area contributed by atoms with Crippen molar-refractivity contribution in [1.82, 2.24) is 29.4 Å². The molecule has 4 rings (SSSR count). The van der Waals surface area contributed by atoms with Gasteiger partial charge < -0.3 is 4.90 Å². The van der Waals surface area contributed by atoms with E-state index in [9.17, 15) is 14.4 Å². The number of aromatic nitrogens is 5. The van der Waals surface area contributed by atoms with Crippen LogP contribution in [0.5, 0.6) is 0 Å². The highest BCUT2D eigenvalue weighted by atomic mass is 32.1. The van der Waals surface area contributed by atoms with E-state index < -0.39 is 11.2 Å². The number of amides is 1. The number of aryl methyl sites for hydroxylation is 2. The van der Waals surface area contributed by atoms with Crippen LogP contribution in [0.2, 0.25) is 0 Å². The van der Waals surface area contributed by atoms with Crippen molar-refractivity contribution in [2.75, 3.05) is 13.1 Å². The molecule has 1 N–H and O–H groups in total. The van der Waals surface area contributed by atoms with Crippen LogP contribution in [0.1, 0.15) is 35.3 Å². The highest BCUT2D eigenvalue weighted by Gasteiger charge is 2.27. The zero-order valence-electron chi connectivity index (χ0n) is 16.8. The maximum absolute atomic E-state index is 12.6. The quantitative estimate of drug-likeness (QED) is 0.676. The highest BCUT2D eigenvalue weighted by molar-refractivity contribution is 7.15. The number of carbonyl (C=O) groups is 1. The van der Waals surface area contributed by atoms with Gasteiger partial charge in [0, 0.05) is 37.5 Å². The number of hydrogen-bond acceptors (Lipinski definition) is 7. The summed E-state index contributed by atoms with van der Waals surface area (Å²) >= 11 is 1.66. The molecule has 1 fully saturated rings. The van der Waals surface area contributed by atoms with Gasteiger partial charge in [0.25, 0.3) is 5.56 Å². The summed E-state index contributed by atoms with van der Waals surface area (Å²) in [5.41, 5.74) is 0.808. The molecule has 10 heteroatoms. The number of thiazole rings is 1. The van der Waals surface area contributed by atoms with E-state index in [0.717, 1.165) is 39.9 Å². The standard InChI is InChI=1S/C20H22N6O3S/c1-12-18(15-3-7-21-13(2)23-15)30-19(22-12)14-4-8-25(9-5-14)17(28)11-26-10-6-16(27)24-20(26)29/h3,6-7,10,14H,4-5,8-9,11H2,1-2H3,(H,24,27,29). The maximum Gasteiger partial charge on any atom is 0.328 e. The largest absolute Gasteiger partial charge is 0.341 e. The van der Waals surface area contributed by atoms with Crippen LogP contribution in [0.25, 0.3) is 10.6 Å². The zero-order chi connectivity index (χ0) is 21.3. The van der Waals surface area contributed by atoms with Crippen LogP contribution in [0.15, 0.2) is 34.1 Å². The third-order valence-electron chi connectivity index (χ3n) is 5.22. The molecule has 0 atom stereocenters. The van der Waals surface area contributed by atoms with Gasteiger partial charge in [-0.2, -0.15) is 0 Å². The summed E-state index contributed by atoms with van der Waals surface area (Å²) in [7, 11) is 0. The predicted molar refractivity (Wildman–Crippen MR) is 112 cm³/mol. The molecule has 1 aliphatic rings. The highest BCUT2D eigenvalue weighted by Crippen LogP contribution is 2.36. The Kier molecular flexibility index (Phi) is 5.58. The van der Waals surface area contributed by atoms with Crippen LogP contribution in [0.4, 0.5) is 0 Å². The lowest BCUT2D eigenvalue weighted by atomic mass is 9.97. The minimum absolute atomic E-state index is 0.0755. The first-order valence-corrected chi connectivity index (χ1v) is 10.6. The monoisotopic (exact) mass is 426 g/mol. The molecule has 3 aromatic rings. The van der Waals surface area contributed by atoms with E-state index in [1.165, 1.54) is 16.8 Å². The molecule has 1 aliphatic heterocycles. The second-order valence-electron chi connectivity index (χ2n) is 7.35. The number of H-pyrrole nitrogens is 1. The summed E-state index contributed by atoms with van der Waals surface area (Å²) < 4.78 is 1.22. The molecule has 4 heterocycles. The fourth-order valence-corrected chi connectivity index (χ4v) is 4.81. The van der Waals surface area contributed by atoms with Gasteiger partial charge in [0.2, 0.25) is 5.91 Å². The van der Waals surface area contributed by atoms with Crippen LogP contribution >= 0.6 is 11.3 Å². The molecule has 0 unspecified atom stereocenters. The fraction of sp³-hybridized carbons (Fsp3) is 0.400. The summed E-state index contributed by atoms with van der Waals surface area (Å²) in [4.78, 5) is 53.9. The Balaban J connectivity index is 1.41. The summed E-state index contributed by atoms with van der Waals surface area (Å²) in [6, 6.07) is 3.14. The number of carbonyl (C=O) groups excluding carboxylic acids is 1. The van der Waals surface area contributed by atoms with Gasteiger partial charge in [0.15, 0.2) is 0 Å². The van der Waals surface area contributed by atoms with Crippen molar-refractivity contribution in [3.05, 3.63) is 61.9 Å². The SMILES string of the molecule is Cc1nccc(-c2sc(C3CCN(C(=O)Cn4ccc(=O)[nH]c4=O)CC3)nc2C)n1. The minimum Gasteiger partial charge on any atom is -0.341 e. The molecule has 3 aromatic heterocycles. The van der Waals surface area contributed by atoms with Crippen molar-refractivity contribution < 1.29 is 4.79 Å². The summed E-state index contributed by atoms with van der Waals surface area (Å²) in [5.74, 6) is 0.899. The van der Waals surface area contributed by atoms with Crippen LogP contribution < -0.4 is 11.2 Å². The number of nitrogens with one attached hydrogen (secondary N) is 1. The lowest BCUT2D eigenvalue weighted by Gasteiger charge is -2.31. The molecule has 0 aliphatic carbocycles. The molecular weight excluding hydrogens is 404 g/mol. The molecule has 0 spiro atoms. The fourth-order valence-electron chi connectivity index (χ4n) is 3.60. The first kappa shape index (κ1) is 20.1. The lowest BCUT2D eigenvalue weighted by molar-refractivity contribution is -0.133. The van der Waals surface area contributed by atoms with Crippen LogP contribution in [0, 0.1) is 13.8 Å². The maximum atomic E-state index is 12.6. The van der Waals surface area contributed by atoms with Crippen molar-refractivity contribution in [2.24, 2.45) is 0 Å². The molecular formula is C20H22N6O3S. The topological polar surface area (TPSA) is 114 Å². The lowest BCUT2D eigenvalue weighted by Crippen LogP contribution is -2.42. The van der Waals surface area contributed by atoms with Gasteiger partial charge in [0.05, 0.1) is 21.3 Å². The van der Waals surface area contributed by atoms with Gasteiger partial charge in [-0.25, -0.2) is 19.7 Å². The Bertz CT molecular complexity index is 1190. The smallest absolute Gasteiger partial charge is 0.328 e. The second-order valence-corrected chi connectivity index (χ2v) is 8.38. The normalized spacial score (nSPS) is 14.8. The van der Waals surface area contributed by atoms with E-state index in [1.807, 2.05) is 19.9 Å². The minimum atomic E-state index is -0.573. The van der Waals surface area contributed by atoms with Crippen LogP contribution in [0.3, 0.4) is 0 Å². The Morgan fingerprint density at radius 1 is 1.20 bits per heavy atom. The molecule has 0 radical (unpaired) electrons. The van der Waals surface area contributed by atoms with Crippen molar-refractivity contribution in [2.45, 2.75) is 39.2 Å². The van der Waals surface area contributed by atoms with Crippen molar-refractivity contribution in [3.63, 3.8) is 0 Å².